The summed E-state index contributed by atoms with van der Waals surface area (Å²) in [5, 5.41) is 2.75. The van der Waals surface area contributed by atoms with Crippen molar-refractivity contribution in [2.75, 3.05) is 24.5 Å². The van der Waals surface area contributed by atoms with Gasteiger partial charge in [-0.15, -0.1) is 0 Å². The summed E-state index contributed by atoms with van der Waals surface area (Å²) in [5.74, 6) is 0. The second-order valence-corrected chi connectivity index (χ2v) is 6.29. The number of fused-ring (bicyclic) bond motifs is 2. The molecule has 20 heavy (non-hydrogen) atoms. The summed E-state index contributed by atoms with van der Waals surface area (Å²) >= 11 is 0. The van der Waals surface area contributed by atoms with Crippen LogP contribution in [0.2, 0.25) is 0 Å². The summed E-state index contributed by atoms with van der Waals surface area (Å²) in [4.78, 5) is 5.32. The molecule has 2 unspecified atom stereocenters. The van der Waals surface area contributed by atoms with E-state index in [1.807, 2.05) is 0 Å². The van der Waals surface area contributed by atoms with Crippen LogP contribution in [0.4, 0.5) is 5.69 Å². The van der Waals surface area contributed by atoms with Crippen molar-refractivity contribution in [3.05, 3.63) is 42.5 Å². The molecule has 0 radical (unpaired) electrons. The predicted octanol–water partition coefficient (Wildman–Crippen LogP) is 3.51. The molecule has 0 saturated carbocycles. The number of piperazine rings is 1. The Morgan fingerprint density at radius 2 is 1.85 bits per heavy atom. The minimum absolute atomic E-state index is 0.607. The van der Waals surface area contributed by atoms with Crippen LogP contribution in [0.25, 0.3) is 10.8 Å². The number of benzene rings is 2. The topological polar surface area (TPSA) is 6.48 Å². The van der Waals surface area contributed by atoms with Gasteiger partial charge in [-0.2, -0.15) is 0 Å². The van der Waals surface area contributed by atoms with Gasteiger partial charge in [0.25, 0.3) is 0 Å². The highest BCUT2D eigenvalue weighted by molar-refractivity contribution is 5.94. The molecule has 2 saturated heterocycles. The molecule has 2 aliphatic heterocycles. The maximum atomic E-state index is 2.69. The van der Waals surface area contributed by atoms with Crippen LogP contribution < -0.4 is 4.90 Å². The Balaban J connectivity index is 1.75. The Labute approximate surface area is 121 Å². The van der Waals surface area contributed by atoms with Gasteiger partial charge in [-0.25, -0.2) is 0 Å². The van der Waals surface area contributed by atoms with Crippen LogP contribution >= 0.6 is 0 Å². The lowest BCUT2D eigenvalue weighted by molar-refractivity contribution is 0.203. The zero-order valence-electron chi connectivity index (χ0n) is 12.1. The molecule has 2 heteroatoms. The van der Waals surface area contributed by atoms with E-state index in [1.54, 1.807) is 0 Å². The van der Waals surface area contributed by atoms with Crippen LogP contribution in [-0.2, 0) is 0 Å². The molecule has 2 nitrogen and oxygen atoms in total. The average Bonchev–Trinajstić information content (AvgIpc) is 2.93. The summed E-state index contributed by atoms with van der Waals surface area (Å²) in [6, 6.07) is 16.9. The van der Waals surface area contributed by atoms with Gasteiger partial charge >= 0.3 is 0 Å². The van der Waals surface area contributed by atoms with Gasteiger partial charge in [0.05, 0.1) is 0 Å². The average molecular weight is 266 g/mol. The lowest BCUT2D eigenvalue weighted by atomic mass is 10.0. The molecule has 0 aliphatic carbocycles. The van der Waals surface area contributed by atoms with Crippen molar-refractivity contribution < 1.29 is 0 Å². The van der Waals surface area contributed by atoms with Crippen molar-refractivity contribution in [3.63, 3.8) is 0 Å². The normalized spacial score (nSPS) is 26.9. The highest BCUT2D eigenvalue weighted by Crippen LogP contribution is 2.33. The first-order chi connectivity index (χ1) is 9.83. The minimum Gasteiger partial charge on any atom is -0.365 e. The van der Waals surface area contributed by atoms with E-state index in [2.05, 4.69) is 59.2 Å². The largest absolute Gasteiger partial charge is 0.365 e. The molecule has 0 bridgehead atoms. The first kappa shape index (κ1) is 12.2. The van der Waals surface area contributed by atoms with E-state index in [1.165, 1.54) is 48.9 Å². The molecule has 2 aromatic rings. The molecule has 4 rings (SSSR count). The second-order valence-electron chi connectivity index (χ2n) is 6.29. The number of rotatable bonds is 1. The molecule has 2 aliphatic rings. The van der Waals surface area contributed by atoms with Crippen LogP contribution in [0, 0.1) is 0 Å². The molecule has 0 aromatic heterocycles. The van der Waals surface area contributed by atoms with E-state index in [0.29, 0.717) is 6.04 Å². The smallest absolute Gasteiger partial charge is 0.0449 e. The maximum absolute atomic E-state index is 2.69. The minimum atomic E-state index is 0.607. The fourth-order valence-electron chi connectivity index (χ4n) is 3.98. The monoisotopic (exact) mass is 266 g/mol. The Hall–Kier alpha value is -1.54. The third-order valence-corrected chi connectivity index (χ3v) is 5.01. The zero-order chi connectivity index (χ0) is 13.5. The summed E-state index contributed by atoms with van der Waals surface area (Å²) in [6.45, 7) is 6.08. The highest BCUT2D eigenvalue weighted by Gasteiger charge is 2.34. The van der Waals surface area contributed by atoms with Crippen molar-refractivity contribution in [2.45, 2.75) is 31.8 Å². The van der Waals surface area contributed by atoms with Gasteiger partial charge in [0.15, 0.2) is 0 Å². The quantitative estimate of drug-likeness (QED) is 0.779. The van der Waals surface area contributed by atoms with E-state index in [0.717, 1.165) is 6.04 Å². The van der Waals surface area contributed by atoms with E-state index in [4.69, 9.17) is 0 Å². The van der Waals surface area contributed by atoms with Gasteiger partial charge < -0.3 is 4.90 Å². The first-order valence-electron chi connectivity index (χ1n) is 7.81. The Morgan fingerprint density at radius 1 is 1.00 bits per heavy atom. The third-order valence-electron chi connectivity index (χ3n) is 5.01. The molecular formula is C18H22N2. The van der Waals surface area contributed by atoms with Crippen LogP contribution in [0.15, 0.2) is 42.5 Å². The fourth-order valence-corrected chi connectivity index (χ4v) is 3.98. The standard InChI is InChI=1S/C18H22N2/c1-14-12-19-11-5-8-16(19)13-20(14)18-10-4-7-15-6-2-3-9-17(15)18/h2-4,6-7,9-10,14,16H,5,8,11-13H2,1H3. The molecule has 0 amide bonds. The van der Waals surface area contributed by atoms with E-state index in [9.17, 15) is 0 Å². The van der Waals surface area contributed by atoms with Gasteiger partial charge in [-0.3, -0.25) is 4.90 Å². The number of anilines is 1. The maximum Gasteiger partial charge on any atom is 0.0449 e. The van der Waals surface area contributed by atoms with Gasteiger partial charge in [0, 0.05) is 36.2 Å². The number of hydrogen-bond donors (Lipinski definition) is 0. The van der Waals surface area contributed by atoms with Crippen molar-refractivity contribution in [1.29, 1.82) is 0 Å². The highest BCUT2D eigenvalue weighted by atomic mass is 15.3. The SMILES string of the molecule is CC1CN2CCCC2CN1c1cccc2ccccc12. The van der Waals surface area contributed by atoms with Gasteiger partial charge in [-0.1, -0.05) is 36.4 Å². The number of nitrogens with zero attached hydrogens (tertiary/aromatic N) is 2. The van der Waals surface area contributed by atoms with Crippen LogP contribution in [-0.4, -0.2) is 36.6 Å². The van der Waals surface area contributed by atoms with Gasteiger partial charge in [-0.05, 0) is 37.8 Å². The summed E-state index contributed by atoms with van der Waals surface area (Å²) in [6.07, 6.45) is 2.74. The lowest BCUT2D eigenvalue weighted by Gasteiger charge is -2.44. The molecule has 2 fully saturated rings. The summed E-state index contributed by atoms with van der Waals surface area (Å²) in [5.41, 5.74) is 1.42. The van der Waals surface area contributed by atoms with Gasteiger partial charge in [0.1, 0.15) is 0 Å². The summed E-state index contributed by atoms with van der Waals surface area (Å²) in [7, 11) is 0. The van der Waals surface area contributed by atoms with E-state index >= 15 is 0 Å². The molecule has 2 aromatic carbocycles. The first-order valence-corrected chi connectivity index (χ1v) is 7.81. The van der Waals surface area contributed by atoms with Crippen LogP contribution in [0.1, 0.15) is 19.8 Å². The lowest BCUT2D eigenvalue weighted by Crippen LogP contribution is -2.55. The molecule has 0 N–H and O–H groups in total. The van der Waals surface area contributed by atoms with Crippen molar-refractivity contribution in [3.8, 4) is 0 Å². The zero-order valence-corrected chi connectivity index (χ0v) is 12.1. The molecule has 0 spiro atoms. The van der Waals surface area contributed by atoms with Crippen LogP contribution in [0.5, 0.6) is 0 Å². The van der Waals surface area contributed by atoms with Crippen molar-refractivity contribution >= 4 is 16.5 Å². The van der Waals surface area contributed by atoms with E-state index < -0.39 is 0 Å². The number of hydrogen-bond acceptors (Lipinski definition) is 2. The van der Waals surface area contributed by atoms with Gasteiger partial charge in [0.2, 0.25) is 0 Å². The Bertz CT molecular complexity index is 616. The fraction of sp³-hybridized carbons (Fsp3) is 0.444. The molecule has 2 atom stereocenters. The van der Waals surface area contributed by atoms with Crippen LogP contribution in [0.3, 0.4) is 0 Å². The van der Waals surface area contributed by atoms with Crippen molar-refractivity contribution in [2.24, 2.45) is 0 Å². The van der Waals surface area contributed by atoms with Crippen molar-refractivity contribution in [1.82, 2.24) is 4.90 Å². The molecule has 104 valence electrons. The third kappa shape index (κ3) is 1.90. The Morgan fingerprint density at radius 3 is 2.80 bits per heavy atom. The molecular weight excluding hydrogens is 244 g/mol. The van der Waals surface area contributed by atoms with E-state index in [-0.39, 0.29) is 0 Å². The predicted molar refractivity (Wildman–Crippen MR) is 85.4 cm³/mol. The summed E-state index contributed by atoms with van der Waals surface area (Å²) < 4.78 is 0. The second kappa shape index (κ2) is 4.78. The molecule has 2 heterocycles. The Kier molecular flexibility index (Phi) is 2.92.